The van der Waals surface area contributed by atoms with Gasteiger partial charge in [0, 0.05) is 6.20 Å². The maximum atomic E-state index is 12.3. The third kappa shape index (κ3) is 0.827. The van der Waals surface area contributed by atoms with Crippen LogP contribution >= 0.6 is 0 Å². The predicted octanol–water partition coefficient (Wildman–Crippen LogP) is 0.652. The number of aromatic nitrogens is 3. The SMILES string of the molecule is O=c1[nH]c2ncccc2n1CF. The minimum absolute atomic E-state index is 0.417. The van der Waals surface area contributed by atoms with Crippen molar-refractivity contribution in [3.63, 3.8) is 0 Å². The van der Waals surface area contributed by atoms with Gasteiger partial charge in [0.1, 0.15) is 0 Å². The van der Waals surface area contributed by atoms with E-state index in [-0.39, 0.29) is 0 Å². The van der Waals surface area contributed by atoms with Crippen LogP contribution in [0, 0.1) is 0 Å². The molecule has 0 saturated carbocycles. The lowest BCUT2D eigenvalue weighted by Crippen LogP contribution is -2.14. The standard InChI is InChI=1S/C7H6FN3O/c8-4-11-5-2-1-3-9-6(5)10-7(11)12/h1-3H,4H2,(H,9,10,12). The first kappa shape index (κ1) is 7.02. The van der Waals surface area contributed by atoms with Crippen LogP contribution < -0.4 is 5.69 Å². The van der Waals surface area contributed by atoms with E-state index in [9.17, 15) is 9.18 Å². The third-order valence-corrected chi connectivity index (χ3v) is 1.67. The fourth-order valence-corrected chi connectivity index (χ4v) is 1.11. The molecule has 62 valence electrons. The van der Waals surface area contributed by atoms with Gasteiger partial charge in [0.05, 0.1) is 5.52 Å². The normalized spacial score (nSPS) is 10.8. The fourth-order valence-electron chi connectivity index (χ4n) is 1.11. The molecule has 0 atom stereocenters. The molecule has 0 amide bonds. The Morgan fingerprint density at radius 2 is 2.50 bits per heavy atom. The number of halogens is 1. The van der Waals surface area contributed by atoms with Crippen molar-refractivity contribution in [2.45, 2.75) is 6.80 Å². The van der Waals surface area contributed by atoms with E-state index in [1.54, 1.807) is 18.3 Å². The molecule has 2 rings (SSSR count). The quantitative estimate of drug-likeness (QED) is 0.678. The molecule has 0 radical (unpaired) electrons. The zero-order valence-electron chi connectivity index (χ0n) is 6.12. The zero-order valence-corrected chi connectivity index (χ0v) is 6.12. The topological polar surface area (TPSA) is 50.7 Å². The highest BCUT2D eigenvalue weighted by Gasteiger charge is 2.04. The fraction of sp³-hybridized carbons (Fsp3) is 0.143. The van der Waals surface area contributed by atoms with Gasteiger partial charge in [-0.05, 0) is 12.1 Å². The average Bonchev–Trinajstić information content (AvgIpc) is 2.40. The summed E-state index contributed by atoms with van der Waals surface area (Å²) in [4.78, 5) is 17.3. The highest BCUT2D eigenvalue weighted by Crippen LogP contribution is 2.04. The average molecular weight is 167 g/mol. The summed E-state index contributed by atoms with van der Waals surface area (Å²) in [5, 5.41) is 0. The van der Waals surface area contributed by atoms with E-state index in [0.717, 1.165) is 4.57 Å². The third-order valence-electron chi connectivity index (χ3n) is 1.67. The Balaban J connectivity index is 2.91. The van der Waals surface area contributed by atoms with Crippen molar-refractivity contribution in [1.82, 2.24) is 14.5 Å². The van der Waals surface area contributed by atoms with Gasteiger partial charge in [-0.25, -0.2) is 14.2 Å². The van der Waals surface area contributed by atoms with Crippen molar-refractivity contribution >= 4 is 11.2 Å². The highest BCUT2D eigenvalue weighted by molar-refractivity contribution is 5.69. The Morgan fingerprint density at radius 3 is 3.25 bits per heavy atom. The van der Waals surface area contributed by atoms with E-state index in [0.29, 0.717) is 11.2 Å². The van der Waals surface area contributed by atoms with Crippen LogP contribution in [0.3, 0.4) is 0 Å². The van der Waals surface area contributed by atoms with Crippen molar-refractivity contribution in [1.29, 1.82) is 0 Å². The second-order valence-electron chi connectivity index (χ2n) is 2.35. The van der Waals surface area contributed by atoms with Crippen LogP contribution in [0.1, 0.15) is 0 Å². The van der Waals surface area contributed by atoms with Crippen LogP contribution in [0.4, 0.5) is 4.39 Å². The van der Waals surface area contributed by atoms with E-state index in [1.165, 1.54) is 0 Å². The molecular weight excluding hydrogens is 161 g/mol. The zero-order chi connectivity index (χ0) is 8.55. The molecular formula is C7H6FN3O. The molecule has 0 spiro atoms. The molecule has 2 aromatic rings. The molecule has 0 aromatic carbocycles. The first-order valence-electron chi connectivity index (χ1n) is 3.42. The summed E-state index contributed by atoms with van der Waals surface area (Å²) in [6.07, 6.45) is 1.54. The van der Waals surface area contributed by atoms with Crippen LogP contribution in [-0.4, -0.2) is 14.5 Å². The van der Waals surface area contributed by atoms with Crippen molar-refractivity contribution in [3.05, 3.63) is 28.8 Å². The second kappa shape index (κ2) is 2.44. The second-order valence-corrected chi connectivity index (χ2v) is 2.35. The maximum Gasteiger partial charge on any atom is 0.329 e. The molecule has 1 N–H and O–H groups in total. The summed E-state index contributed by atoms with van der Waals surface area (Å²) in [6, 6.07) is 3.29. The largest absolute Gasteiger partial charge is 0.329 e. The van der Waals surface area contributed by atoms with Gasteiger partial charge in [0.15, 0.2) is 12.4 Å². The Morgan fingerprint density at radius 1 is 1.67 bits per heavy atom. The number of H-pyrrole nitrogens is 1. The maximum absolute atomic E-state index is 12.3. The minimum atomic E-state index is -0.829. The Hall–Kier alpha value is -1.65. The summed E-state index contributed by atoms with van der Waals surface area (Å²) in [7, 11) is 0. The minimum Gasteiger partial charge on any atom is -0.290 e. The molecule has 2 aromatic heterocycles. The number of aromatic amines is 1. The van der Waals surface area contributed by atoms with Crippen LogP contribution in [0.15, 0.2) is 23.1 Å². The number of hydrogen-bond acceptors (Lipinski definition) is 2. The van der Waals surface area contributed by atoms with Gasteiger partial charge in [0.25, 0.3) is 0 Å². The van der Waals surface area contributed by atoms with Crippen LogP contribution in [-0.2, 0) is 6.80 Å². The van der Waals surface area contributed by atoms with Gasteiger partial charge >= 0.3 is 5.69 Å². The molecule has 0 fully saturated rings. The van der Waals surface area contributed by atoms with Gasteiger partial charge < -0.3 is 0 Å². The van der Waals surface area contributed by atoms with Crippen molar-refractivity contribution in [3.8, 4) is 0 Å². The molecule has 5 heteroatoms. The molecule has 0 aliphatic carbocycles. The van der Waals surface area contributed by atoms with Crippen LogP contribution in [0.5, 0.6) is 0 Å². The number of rotatable bonds is 1. The van der Waals surface area contributed by atoms with E-state index in [4.69, 9.17) is 0 Å². The van der Waals surface area contributed by atoms with E-state index >= 15 is 0 Å². The summed E-state index contributed by atoms with van der Waals surface area (Å²) < 4.78 is 13.3. The monoisotopic (exact) mass is 167 g/mol. The van der Waals surface area contributed by atoms with E-state index in [1.807, 2.05) is 0 Å². The Kier molecular flexibility index (Phi) is 1.43. The summed E-state index contributed by atoms with van der Waals surface area (Å²) in [5.74, 6) is 0. The number of nitrogens with one attached hydrogen (secondary N) is 1. The number of imidazole rings is 1. The van der Waals surface area contributed by atoms with Crippen LogP contribution in [0.25, 0.3) is 11.2 Å². The molecule has 0 saturated heterocycles. The number of pyridine rings is 1. The molecule has 0 aliphatic rings. The van der Waals surface area contributed by atoms with Crippen LogP contribution in [0.2, 0.25) is 0 Å². The lowest BCUT2D eigenvalue weighted by atomic mass is 10.4. The molecule has 12 heavy (non-hydrogen) atoms. The Labute approximate surface area is 66.7 Å². The first-order valence-corrected chi connectivity index (χ1v) is 3.42. The molecule has 0 unspecified atom stereocenters. The lowest BCUT2D eigenvalue weighted by molar-refractivity contribution is 0.377. The lowest BCUT2D eigenvalue weighted by Gasteiger charge is -1.92. The molecule has 4 nitrogen and oxygen atoms in total. The number of nitrogens with zero attached hydrogens (tertiary/aromatic N) is 2. The number of fused-ring (bicyclic) bond motifs is 1. The van der Waals surface area contributed by atoms with Gasteiger partial charge in [-0.2, -0.15) is 0 Å². The summed E-state index contributed by atoms with van der Waals surface area (Å²) in [5.41, 5.74) is 0.441. The van der Waals surface area contributed by atoms with Crippen molar-refractivity contribution in [2.24, 2.45) is 0 Å². The predicted molar refractivity (Wildman–Crippen MR) is 41.5 cm³/mol. The van der Waals surface area contributed by atoms with E-state index in [2.05, 4.69) is 9.97 Å². The smallest absolute Gasteiger partial charge is 0.290 e. The molecule has 2 heterocycles. The Bertz CT molecular complexity index is 459. The van der Waals surface area contributed by atoms with Crippen molar-refractivity contribution in [2.75, 3.05) is 0 Å². The molecule has 0 bridgehead atoms. The highest BCUT2D eigenvalue weighted by atomic mass is 19.1. The number of alkyl halides is 1. The molecule has 0 aliphatic heterocycles. The van der Waals surface area contributed by atoms with Gasteiger partial charge in [-0.15, -0.1) is 0 Å². The van der Waals surface area contributed by atoms with Crippen molar-refractivity contribution < 1.29 is 4.39 Å². The van der Waals surface area contributed by atoms with Gasteiger partial charge in [0.2, 0.25) is 0 Å². The number of hydrogen-bond donors (Lipinski definition) is 1. The summed E-state index contributed by atoms with van der Waals surface area (Å²) >= 11 is 0. The van der Waals surface area contributed by atoms with Gasteiger partial charge in [-0.3, -0.25) is 9.55 Å². The van der Waals surface area contributed by atoms with Gasteiger partial charge in [-0.1, -0.05) is 0 Å². The first-order chi connectivity index (χ1) is 5.83. The summed E-state index contributed by atoms with van der Waals surface area (Å²) in [6.45, 7) is -0.829. The van der Waals surface area contributed by atoms with E-state index < -0.39 is 12.5 Å².